The molecule has 0 bridgehead atoms. The molecule has 3 saturated carbocycles. The largest absolute Gasteiger partial charge is 0.345 e. The third-order valence-electron chi connectivity index (χ3n) is 14.7. The standard InChI is InChI=1S/C43H76O3/c1-7-8-9-10-11-12-13-14-15-16-17-18-22-36(41(44)46-45)34-27-29-42(5)35(31-34)23-24-37-39-26-25-38(33(4)21-19-20-32(2)3)43(39,6)30-28-40(37)42/h23,32-34,36-40,45H,7-22,24-31H2,1-6H3/t33-,34?,36?,37?,38-,39?,40?,42+,43-/m1/s1. The molecule has 4 aliphatic rings. The van der Waals surface area contributed by atoms with Crippen LogP contribution in [0, 0.1) is 58.2 Å². The van der Waals surface area contributed by atoms with E-state index in [1.165, 1.54) is 128 Å². The summed E-state index contributed by atoms with van der Waals surface area (Å²) in [6.07, 6.45) is 34.0. The van der Waals surface area contributed by atoms with Gasteiger partial charge in [-0.3, -0.25) is 0 Å². The van der Waals surface area contributed by atoms with Crippen LogP contribution in [0.2, 0.25) is 0 Å². The van der Waals surface area contributed by atoms with Crippen LogP contribution < -0.4 is 0 Å². The highest BCUT2D eigenvalue weighted by Gasteiger charge is 2.59. The van der Waals surface area contributed by atoms with Gasteiger partial charge in [0.2, 0.25) is 0 Å². The van der Waals surface area contributed by atoms with Crippen molar-refractivity contribution in [1.82, 2.24) is 0 Å². The highest BCUT2D eigenvalue weighted by Crippen LogP contribution is 2.68. The van der Waals surface area contributed by atoms with E-state index >= 15 is 0 Å². The van der Waals surface area contributed by atoms with E-state index in [2.05, 4.69) is 52.5 Å². The number of carbonyl (C=O) groups excluding carboxylic acids is 1. The van der Waals surface area contributed by atoms with Crippen molar-refractivity contribution < 1.29 is 14.9 Å². The summed E-state index contributed by atoms with van der Waals surface area (Å²) in [5.41, 5.74) is 2.48. The Morgan fingerprint density at radius 2 is 1.46 bits per heavy atom. The predicted molar refractivity (Wildman–Crippen MR) is 194 cm³/mol. The summed E-state index contributed by atoms with van der Waals surface area (Å²) < 4.78 is 0. The third-order valence-corrected chi connectivity index (χ3v) is 14.7. The maximum absolute atomic E-state index is 12.9. The van der Waals surface area contributed by atoms with E-state index in [9.17, 15) is 10.1 Å². The number of hydrogen-bond donors (Lipinski definition) is 1. The summed E-state index contributed by atoms with van der Waals surface area (Å²) in [6.45, 7) is 14.9. The molecule has 46 heavy (non-hydrogen) atoms. The average molecular weight is 641 g/mol. The van der Waals surface area contributed by atoms with Crippen LogP contribution in [0.25, 0.3) is 0 Å². The molecule has 0 amide bonds. The summed E-state index contributed by atoms with van der Waals surface area (Å²) in [4.78, 5) is 17.3. The molecule has 3 fully saturated rings. The van der Waals surface area contributed by atoms with Crippen molar-refractivity contribution in [3.63, 3.8) is 0 Å². The smallest absolute Gasteiger partial charge is 0.301 e. The first-order valence-electron chi connectivity index (χ1n) is 20.7. The molecule has 0 aromatic rings. The molecule has 9 atom stereocenters. The van der Waals surface area contributed by atoms with Crippen molar-refractivity contribution in [2.45, 2.75) is 196 Å². The molecule has 4 aliphatic carbocycles. The molecule has 0 saturated heterocycles. The lowest BCUT2D eigenvalue weighted by Crippen LogP contribution is -2.51. The van der Waals surface area contributed by atoms with E-state index in [4.69, 9.17) is 0 Å². The van der Waals surface area contributed by atoms with Crippen LogP contribution in [0.1, 0.15) is 196 Å². The van der Waals surface area contributed by atoms with Gasteiger partial charge in [-0.25, -0.2) is 4.79 Å². The Bertz CT molecular complexity index is 938. The van der Waals surface area contributed by atoms with Crippen LogP contribution >= 0.6 is 0 Å². The first kappa shape index (κ1) is 38.0. The van der Waals surface area contributed by atoms with Crippen molar-refractivity contribution in [3.8, 4) is 0 Å². The molecule has 0 aromatic heterocycles. The first-order chi connectivity index (χ1) is 22.2. The Morgan fingerprint density at radius 1 is 0.804 bits per heavy atom. The molecule has 1 N–H and O–H groups in total. The van der Waals surface area contributed by atoms with Gasteiger partial charge in [0.1, 0.15) is 0 Å². The molecule has 0 heterocycles. The average Bonchev–Trinajstić information content (AvgIpc) is 3.40. The quantitative estimate of drug-likeness (QED) is 0.0623. The van der Waals surface area contributed by atoms with Gasteiger partial charge >= 0.3 is 5.97 Å². The molecule has 0 spiro atoms. The second kappa shape index (κ2) is 18.2. The highest BCUT2D eigenvalue weighted by atomic mass is 17.1. The topological polar surface area (TPSA) is 46.5 Å². The molecule has 3 nitrogen and oxygen atoms in total. The third kappa shape index (κ3) is 9.24. The summed E-state index contributed by atoms with van der Waals surface area (Å²) in [6, 6.07) is 0. The van der Waals surface area contributed by atoms with Crippen LogP contribution in [0.3, 0.4) is 0 Å². The second-order valence-corrected chi connectivity index (χ2v) is 18.0. The van der Waals surface area contributed by atoms with E-state index in [1.54, 1.807) is 5.57 Å². The monoisotopic (exact) mass is 641 g/mol. The Hall–Kier alpha value is -0.830. The van der Waals surface area contributed by atoms with Crippen LogP contribution in [0.5, 0.6) is 0 Å². The van der Waals surface area contributed by atoms with Gasteiger partial charge in [-0.05, 0) is 110 Å². The maximum Gasteiger partial charge on any atom is 0.345 e. The lowest BCUT2D eigenvalue weighted by atomic mass is 9.46. The fourth-order valence-electron chi connectivity index (χ4n) is 11.9. The van der Waals surface area contributed by atoms with Crippen LogP contribution in [0.15, 0.2) is 11.6 Å². The maximum atomic E-state index is 12.9. The lowest BCUT2D eigenvalue weighted by molar-refractivity contribution is -0.241. The Balaban J connectivity index is 1.27. The van der Waals surface area contributed by atoms with E-state index in [1.807, 2.05) is 0 Å². The Labute approximate surface area is 285 Å². The van der Waals surface area contributed by atoms with E-state index in [0.717, 1.165) is 61.2 Å². The fourth-order valence-corrected chi connectivity index (χ4v) is 11.9. The van der Waals surface area contributed by atoms with Crippen LogP contribution in [-0.2, 0) is 9.68 Å². The molecule has 3 heteroatoms. The first-order valence-corrected chi connectivity index (χ1v) is 20.7. The minimum absolute atomic E-state index is 0.154. The molecule has 0 aliphatic heterocycles. The van der Waals surface area contributed by atoms with Crippen molar-refractivity contribution in [1.29, 1.82) is 0 Å². The molecule has 0 aromatic carbocycles. The Kier molecular flexibility index (Phi) is 15.1. The summed E-state index contributed by atoms with van der Waals surface area (Å²) in [5, 5.41) is 9.44. The number of rotatable bonds is 20. The highest BCUT2D eigenvalue weighted by molar-refractivity contribution is 5.72. The minimum atomic E-state index is -0.376. The van der Waals surface area contributed by atoms with Gasteiger partial charge in [0, 0.05) is 0 Å². The number of carbonyl (C=O) groups is 1. The molecule has 266 valence electrons. The zero-order valence-electron chi connectivity index (χ0n) is 31.4. The second-order valence-electron chi connectivity index (χ2n) is 18.0. The van der Waals surface area contributed by atoms with Crippen molar-refractivity contribution >= 4 is 5.97 Å². The molecular weight excluding hydrogens is 564 g/mol. The Morgan fingerprint density at radius 3 is 2.09 bits per heavy atom. The van der Waals surface area contributed by atoms with Gasteiger partial charge in [0.25, 0.3) is 0 Å². The van der Waals surface area contributed by atoms with E-state index in [-0.39, 0.29) is 11.9 Å². The summed E-state index contributed by atoms with van der Waals surface area (Å²) >= 11 is 0. The normalized spacial score (nSPS) is 33.6. The van der Waals surface area contributed by atoms with Crippen LogP contribution in [0.4, 0.5) is 0 Å². The molecule has 0 radical (unpaired) electrons. The fraction of sp³-hybridized carbons (Fsp3) is 0.930. The van der Waals surface area contributed by atoms with Gasteiger partial charge in [-0.15, -0.1) is 0 Å². The van der Waals surface area contributed by atoms with Gasteiger partial charge in [-0.1, -0.05) is 150 Å². The van der Waals surface area contributed by atoms with Crippen LogP contribution in [-0.4, -0.2) is 11.2 Å². The van der Waals surface area contributed by atoms with Crippen molar-refractivity contribution in [2.75, 3.05) is 0 Å². The summed E-state index contributed by atoms with van der Waals surface area (Å²) in [5.74, 6) is 4.92. The van der Waals surface area contributed by atoms with Crippen molar-refractivity contribution in [3.05, 3.63) is 11.6 Å². The SMILES string of the molecule is CCCCCCCCCCCCCCC(C(=O)OO)C1CC[C@@]2(C)C(=CCC3C2CC[C@@]2(C)C3CC[C@@H]2[C@H](C)CCCC(C)C)C1. The lowest BCUT2D eigenvalue weighted by Gasteiger charge is -2.59. The predicted octanol–water partition coefficient (Wildman–Crippen LogP) is 13.4. The van der Waals surface area contributed by atoms with Gasteiger partial charge in [0.15, 0.2) is 0 Å². The summed E-state index contributed by atoms with van der Waals surface area (Å²) in [7, 11) is 0. The zero-order chi connectivity index (χ0) is 33.2. The van der Waals surface area contributed by atoms with Gasteiger partial charge in [0.05, 0.1) is 5.92 Å². The number of unbranched alkanes of at least 4 members (excludes halogenated alkanes) is 11. The van der Waals surface area contributed by atoms with E-state index in [0.29, 0.717) is 16.7 Å². The number of fused-ring (bicyclic) bond motifs is 5. The van der Waals surface area contributed by atoms with Gasteiger partial charge in [-0.2, -0.15) is 5.26 Å². The number of allylic oxidation sites excluding steroid dienone is 2. The molecular formula is C43H76O3. The van der Waals surface area contributed by atoms with Crippen molar-refractivity contribution in [2.24, 2.45) is 58.2 Å². The zero-order valence-corrected chi connectivity index (χ0v) is 31.4. The minimum Gasteiger partial charge on any atom is -0.301 e. The number of hydrogen-bond acceptors (Lipinski definition) is 3. The molecule has 4 rings (SSSR count). The van der Waals surface area contributed by atoms with E-state index < -0.39 is 0 Å². The van der Waals surface area contributed by atoms with Gasteiger partial charge < -0.3 is 4.89 Å². The molecule has 5 unspecified atom stereocenters.